The van der Waals surface area contributed by atoms with Crippen molar-refractivity contribution in [1.82, 2.24) is 0 Å². The second kappa shape index (κ2) is 20.0. The van der Waals surface area contributed by atoms with E-state index in [1.807, 2.05) is 11.8 Å². The zero-order valence-electron chi connectivity index (χ0n) is 44.4. The molecule has 0 fully saturated rings. The lowest BCUT2D eigenvalue weighted by atomic mass is 9.82. The highest BCUT2D eigenvalue weighted by Gasteiger charge is 2.26. The fourth-order valence-electron chi connectivity index (χ4n) is 12.7. The second-order valence-electron chi connectivity index (χ2n) is 20.9. The van der Waals surface area contributed by atoms with Crippen LogP contribution in [0.15, 0.2) is 290 Å². The Bertz CT molecular complexity index is 4880. The van der Waals surface area contributed by atoms with Crippen molar-refractivity contribution >= 4 is 132 Å². The summed E-state index contributed by atoms with van der Waals surface area (Å²) in [7, 11) is 0. The van der Waals surface area contributed by atoms with Crippen LogP contribution in [0.4, 0.5) is 34.1 Å². The van der Waals surface area contributed by atoms with E-state index in [-0.39, 0.29) is 0 Å². The van der Waals surface area contributed by atoms with Crippen LogP contribution in [-0.2, 0) is 0 Å². The SMILES string of the molecule is CCCSc1ccc(N(c2ccc3c(-c4cc5ccccc5c5ccccc45)c4cc(N(c5ccccc5)c5cccc6ccccc56)ccc4c(-c4cc5ccccc5c5ccccc45)c3c2)c2cccc3ccccc23)cc1. The summed E-state index contributed by atoms with van der Waals surface area (Å²) in [5, 5.41) is 19.4. The van der Waals surface area contributed by atoms with E-state index in [1.165, 1.54) is 113 Å². The van der Waals surface area contributed by atoms with Gasteiger partial charge in [-0.25, -0.2) is 0 Å². The Hall–Kier alpha value is -9.67. The fraction of sp³-hybridized carbons (Fsp3) is 0.0390. The molecule has 0 radical (unpaired) electrons. The van der Waals surface area contributed by atoms with Crippen molar-refractivity contribution in [1.29, 1.82) is 0 Å². The molecule has 378 valence electrons. The summed E-state index contributed by atoms with van der Waals surface area (Å²) in [4.78, 5) is 6.22. The average Bonchev–Trinajstić information content (AvgIpc) is 3.71. The minimum absolute atomic E-state index is 1.08. The molecule has 0 aromatic heterocycles. The Kier molecular flexibility index (Phi) is 11.9. The number of benzene rings is 15. The number of fused-ring (bicyclic) bond motifs is 10. The van der Waals surface area contributed by atoms with Crippen molar-refractivity contribution in [2.24, 2.45) is 0 Å². The molecule has 15 rings (SSSR count). The molecule has 80 heavy (non-hydrogen) atoms. The van der Waals surface area contributed by atoms with Gasteiger partial charge in [-0.3, -0.25) is 0 Å². The third-order valence-electron chi connectivity index (χ3n) is 16.3. The van der Waals surface area contributed by atoms with Crippen LogP contribution in [0.5, 0.6) is 0 Å². The number of thioether (sulfide) groups is 1. The van der Waals surface area contributed by atoms with Crippen molar-refractivity contribution < 1.29 is 0 Å². The quantitative estimate of drug-likeness (QED) is 0.0724. The zero-order valence-corrected chi connectivity index (χ0v) is 45.2. The second-order valence-corrected chi connectivity index (χ2v) is 22.1. The summed E-state index contributed by atoms with van der Waals surface area (Å²) >= 11 is 1.92. The predicted octanol–water partition coefficient (Wildman–Crippen LogP) is 22.7. The molecule has 15 aromatic rings. The van der Waals surface area contributed by atoms with E-state index >= 15 is 0 Å². The highest BCUT2D eigenvalue weighted by atomic mass is 32.2. The molecule has 0 unspecified atom stereocenters. The van der Waals surface area contributed by atoms with E-state index in [0.29, 0.717) is 0 Å². The van der Waals surface area contributed by atoms with Gasteiger partial charge in [-0.15, -0.1) is 11.8 Å². The van der Waals surface area contributed by atoms with Gasteiger partial charge in [-0.1, -0.05) is 207 Å². The van der Waals surface area contributed by atoms with Crippen molar-refractivity contribution in [2.75, 3.05) is 15.6 Å². The maximum Gasteiger partial charge on any atom is 0.0540 e. The van der Waals surface area contributed by atoms with Crippen LogP contribution < -0.4 is 9.80 Å². The minimum atomic E-state index is 1.08. The first-order chi connectivity index (χ1) is 39.7. The Morgan fingerprint density at radius 2 is 0.637 bits per heavy atom. The van der Waals surface area contributed by atoms with Crippen molar-refractivity contribution in [3.05, 3.63) is 285 Å². The zero-order chi connectivity index (χ0) is 53.1. The van der Waals surface area contributed by atoms with Gasteiger partial charge in [0, 0.05) is 38.4 Å². The molecule has 0 saturated carbocycles. The maximum absolute atomic E-state index is 2.50. The Labute approximate surface area is 470 Å². The molecular weight excluding hydrogens is 985 g/mol. The van der Waals surface area contributed by atoms with Crippen LogP contribution in [0.25, 0.3) is 108 Å². The molecule has 0 N–H and O–H groups in total. The molecule has 0 aliphatic rings. The predicted molar refractivity (Wildman–Crippen MR) is 348 cm³/mol. The first kappa shape index (κ1) is 47.5. The van der Waals surface area contributed by atoms with Gasteiger partial charge in [-0.2, -0.15) is 0 Å². The van der Waals surface area contributed by atoms with Crippen LogP contribution in [0.1, 0.15) is 13.3 Å². The molecular formula is C77H54N2S. The lowest BCUT2D eigenvalue weighted by Crippen LogP contribution is -2.11. The van der Waals surface area contributed by atoms with Gasteiger partial charge in [0.15, 0.2) is 0 Å². The first-order valence-corrected chi connectivity index (χ1v) is 28.8. The van der Waals surface area contributed by atoms with Gasteiger partial charge in [0.1, 0.15) is 0 Å². The van der Waals surface area contributed by atoms with Crippen LogP contribution in [0, 0.1) is 0 Å². The molecule has 0 heterocycles. The topological polar surface area (TPSA) is 6.48 Å². The van der Waals surface area contributed by atoms with Crippen LogP contribution in [-0.4, -0.2) is 5.75 Å². The molecule has 0 atom stereocenters. The monoisotopic (exact) mass is 1040 g/mol. The normalized spacial score (nSPS) is 11.7. The van der Waals surface area contributed by atoms with Gasteiger partial charge in [-0.05, 0) is 195 Å². The minimum Gasteiger partial charge on any atom is -0.310 e. The third-order valence-corrected chi connectivity index (χ3v) is 17.5. The van der Waals surface area contributed by atoms with Crippen LogP contribution >= 0.6 is 11.8 Å². The molecule has 0 saturated heterocycles. The first-order valence-electron chi connectivity index (χ1n) is 27.9. The van der Waals surface area contributed by atoms with E-state index in [2.05, 4.69) is 302 Å². The van der Waals surface area contributed by atoms with Crippen LogP contribution in [0.3, 0.4) is 0 Å². The van der Waals surface area contributed by atoms with Crippen molar-refractivity contribution in [3.63, 3.8) is 0 Å². The van der Waals surface area contributed by atoms with E-state index in [0.717, 1.165) is 46.3 Å². The Morgan fingerprint density at radius 1 is 0.263 bits per heavy atom. The maximum atomic E-state index is 2.50. The summed E-state index contributed by atoms with van der Waals surface area (Å²) in [5.74, 6) is 1.08. The average molecular weight is 1040 g/mol. The van der Waals surface area contributed by atoms with Gasteiger partial charge >= 0.3 is 0 Å². The molecule has 0 spiro atoms. The number of hydrogen-bond donors (Lipinski definition) is 0. The largest absolute Gasteiger partial charge is 0.310 e. The summed E-state index contributed by atoms with van der Waals surface area (Å²) < 4.78 is 0. The molecule has 0 aliphatic heterocycles. The van der Waals surface area contributed by atoms with Gasteiger partial charge in [0.25, 0.3) is 0 Å². The number of rotatable bonds is 11. The number of para-hydroxylation sites is 1. The highest BCUT2D eigenvalue weighted by Crippen LogP contribution is 2.52. The van der Waals surface area contributed by atoms with Gasteiger partial charge in [0.05, 0.1) is 11.4 Å². The Morgan fingerprint density at radius 3 is 1.11 bits per heavy atom. The molecule has 2 nitrogen and oxygen atoms in total. The van der Waals surface area contributed by atoms with Gasteiger partial charge in [0.2, 0.25) is 0 Å². The summed E-state index contributed by atoms with van der Waals surface area (Å²) in [6.45, 7) is 2.25. The van der Waals surface area contributed by atoms with Crippen molar-refractivity contribution in [2.45, 2.75) is 18.2 Å². The highest BCUT2D eigenvalue weighted by molar-refractivity contribution is 7.99. The molecule has 3 heteroatoms. The van der Waals surface area contributed by atoms with Crippen LogP contribution in [0.2, 0.25) is 0 Å². The van der Waals surface area contributed by atoms with Crippen molar-refractivity contribution in [3.8, 4) is 22.3 Å². The lowest BCUT2D eigenvalue weighted by Gasteiger charge is -2.29. The van der Waals surface area contributed by atoms with E-state index in [4.69, 9.17) is 0 Å². The third kappa shape index (κ3) is 8.04. The lowest BCUT2D eigenvalue weighted by molar-refractivity contribution is 1.10. The van der Waals surface area contributed by atoms with E-state index < -0.39 is 0 Å². The summed E-state index contributed by atoms with van der Waals surface area (Å²) in [6, 6.07) is 106. The summed E-state index contributed by atoms with van der Waals surface area (Å²) in [6.07, 6.45) is 1.13. The molecule has 15 aromatic carbocycles. The van der Waals surface area contributed by atoms with Gasteiger partial charge < -0.3 is 9.80 Å². The van der Waals surface area contributed by atoms with E-state index in [9.17, 15) is 0 Å². The smallest absolute Gasteiger partial charge is 0.0540 e. The number of nitrogens with zero attached hydrogens (tertiary/aromatic N) is 2. The molecule has 0 aliphatic carbocycles. The standard InChI is InChI=1S/C77H54N2S/c1-2-46-80-59-42-38-56(39-43-59)79(75-37-19-25-52-21-7-13-31-63(52)75)58-41-45-69-73(50-58)77(71-48-54-23-9-11-29-61(54)65-33-15-17-35-67(65)71)68-44-40-57(78(55-26-4-3-5-27-55)74-36-18-24-51-20-6-12-30-62(51)74)49-72(68)76(69)70-47-53-22-8-10-28-60(53)64-32-14-16-34-66(64)70/h3-45,47-50H,2,46H2,1H3. The molecule has 0 amide bonds. The number of hydrogen-bond acceptors (Lipinski definition) is 3. The summed E-state index contributed by atoms with van der Waals surface area (Å²) in [5.41, 5.74) is 11.5. The molecule has 0 bridgehead atoms. The van der Waals surface area contributed by atoms with E-state index in [1.54, 1.807) is 0 Å². The fourth-order valence-corrected chi connectivity index (χ4v) is 13.5. The Balaban J connectivity index is 1.11. The number of anilines is 6.